The molecule has 0 aliphatic carbocycles. The average Bonchev–Trinajstić information content (AvgIpc) is 1.58. The highest BCUT2D eigenvalue weighted by Gasteiger charge is 2.34. The molecule has 16 aromatic heterocycles. The van der Waals surface area contributed by atoms with Gasteiger partial charge in [-0.3, -0.25) is 22.2 Å². The van der Waals surface area contributed by atoms with Gasteiger partial charge in [0.1, 0.15) is 43.2 Å². The number of hydrogen-bond donors (Lipinski definition) is 0. The van der Waals surface area contributed by atoms with E-state index in [4.69, 9.17) is 18.2 Å². The Morgan fingerprint density at radius 3 is 1.31 bits per heavy atom. The predicted octanol–water partition coefficient (Wildman–Crippen LogP) is 6.51. The van der Waals surface area contributed by atoms with Crippen LogP contribution in [0, 0.1) is 41.4 Å². The molecule has 16 heterocycles. The SMILES string of the molecule is Cn1c(-c2cc[n+](-c3cn4c5ccccc5nc4n3C)n2C)[n+](C)c2ccccc21.Cn1c(-n2ccc(-n3ccc[n+]3C)[n+]2C)cn2c3ccccc3nc12.[2H]C([2H])([2H])c1nc2n(C)c(-[n+]3ccc(-c4n(C)c5ccccc5[n+]4C)n3C)c(C)n2c1C.[2H]C([2H])([2H])c1nc2n(C)c(-[n+]3ccc(-n4ccc[n+]4C)n3C)c(C)n2c1C. The van der Waals surface area contributed by atoms with E-state index in [0.717, 1.165) is 103 Å². The smallest absolute Gasteiger partial charge is 0.296 e. The number of nitrogens with zero attached hydrogens (tertiary/aromatic N) is 28. The second-order valence-electron chi connectivity index (χ2n) is 27.8. The van der Waals surface area contributed by atoms with Gasteiger partial charge in [-0.1, -0.05) is 48.5 Å². The van der Waals surface area contributed by atoms with E-state index in [1.165, 1.54) is 22.1 Å². The third kappa shape index (κ3) is 10.0. The molecule has 20 rings (SSSR count). The lowest BCUT2D eigenvalue weighted by Crippen LogP contribution is -2.47. The fraction of sp³-hybridized carbons (Fsp3) is 0.250. The summed E-state index contributed by atoms with van der Waals surface area (Å²) in [5, 5.41) is 0. The standard InChI is InChI=1S/C23H23N7.C22H27N7.C18H19N7.C17H23N7/c1-25-18-11-7-8-12-19(18)26(2)22(25)20-13-14-30(28(20)4)21-15-29-17-10-6-5-9-16(17)24-23(29)27(21)3;1-14-15(2)29-16(3)20(26(6)22(29)23-14)28-13-12-19(27(28)7)21-24(4)17-10-8-9-11-18(17)25(21)5;1-20-10-6-11-24(20)16-9-12-25(22(16)3)17-13-23-15-8-5-4-7-14(15)19-18(23)21(17)2;1-12-13(2)24-14(3)16(20(5)17(24)18-12)23-11-8-15(21(23)6)22-10-7-9-19(22)4/h5-15H,1-4H3;8-13H,1-7H3;4-13H,1-3H3;7-11H,1-6H3/q4*+2/i;1D3;;1D3. The molecule has 544 valence electrons. The van der Waals surface area contributed by atoms with Gasteiger partial charge in [-0.15, -0.1) is 28.1 Å². The van der Waals surface area contributed by atoms with E-state index in [9.17, 15) is 0 Å². The summed E-state index contributed by atoms with van der Waals surface area (Å²) in [7, 11) is 28.5. The molecule has 0 aliphatic heterocycles. The molecular formula is C80H92N28+8. The van der Waals surface area contributed by atoms with Gasteiger partial charge in [-0.05, 0) is 94.6 Å². The molecule has 0 amide bonds. The molecule has 4 aromatic carbocycles. The Hall–Kier alpha value is -13.4. The van der Waals surface area contributed by atoms with Crippen molar-refractivity contribution in [3.63, 3.8) is 0 Å². The maximum Gasteiger partial charge on any atom is 0.362 e. The average molecular weight is 1450 g/mol. The minimum absolute atomic E-state index is 0.151. The maximum absolute atomic E-state index is 7.80. The molecule has 0 saturated carbocycles. The normalized spacial score (nSPS) is 12.9. The first kappa shape index (κ1) is 61.0. The maximum atomic E-state index is 7.80. The lowest BCUT2D eigenvalue weighted by atomic mass is 10.3. The monoisotopic (exact) mass is 1450 g/mol. The molecule has 0 fully saturated rings. The van der Waals surface area contributed by atoms with Crippen LogP contribution in [0.15, 0.2) is 195 Å². The summed E-state index contributed by atoms with van der Waals surface area (Å²) < 4.78 is 96.7. The third-order valence-electron chi connectivity index (χ3n) is 21.8. The van der Waals surface area contributed by atoms with Crippen molar-refractivity contribution in [2.75, 3.05) is 0 Å². The van der Waals surface area contributed by atoms with Crippen LogP contribution in [-0.2, 0) is 98.7 Å². The Kier molecular flexibility index (Phi) is 14.2. The van der Waals surface area contributed by atoms with Crippen LogP contribution in [0.2, 0.25) is 0 Å². The molecule has 0 radical (unpaired) electrons. The summed E-state index contributed by atoms with van der Waals surface area (Å²) in [6.45, 7) is 3.13. The van der Waals surface area contributed by atoms with Crippen molar-refractivity contribution in [2.45, 2.75) is 41.4 Å². The van der Waals surface area contributed by atoms with E-state index in [0.29, 0.717) is 22.9 Å². The van der Waals surface area contributed by atoms with Gasteiger partial charge in [0.05, 0.1) is 121 Å². The van der Waals surface area contributed by atoms with Crippen molar-refractivity contribution < 1.29 is 45.4 Å². The van der Waals surface area contributed by atoms with E-state index < -0.39 is 13.7 Å². The molecule has 28 nitrogen and oxygen atoms in total. The Morgan fingerprint density at radius 1 is 0.361 bits per heavy atom. The van der Waals surface area contributed by atoms with Gasteiger partial charge >= 0.3 is 52.3 Å². The number of imidazole rings is 10. The van der Waals surface area contributed by atoms with Crippen molar-refractivity contribution in [2.24, 2.45) is 98.7 Å². The first-order chi connectivity index (χ1) is 54.4. The Bertz CT molecular complexity index is 7140. The summed E-state index contributed by atoms with van der Waals surface area (Å²) in [6, 6.07) is 45.7. The number of rotatable bonds is 8. The fourth-order valence-electron chi connectivity index (χ4n) is 16.2. The summed E-state index contributed by atoms with van der Waals surface area (Å²) in [5.41, 5.74) is 14.7. The summed E-state index contributed by atoms with van der Waals surface area (Å²) in [5.74, 6) is 11.4. The molecule has 0 unspecified atom stereocenters. The van der Waals surface area contributed by atoms with E-state index in [2.05, 4.69) is 244 Å². The molecule has 20 aromatic rings. The Balaban J connectivity index is 0.000000110. The summed E-state index contributed by atoms with van der Waals surface area (Å²) in [6.07, 6.45) is 20.6. The van der Waals surface area contributed by atoms with Gasteiger partial charge in [0.25, 0.3) is 0 Å². The van der Waals surface area contributed by atoms with Crippen LogP contribution in [0.4, 0.5) is 0 Å². The number of hydrogen-bond acceptors (Lipinski definition) is 4. The predicted molar refractivity (Wildman–Crippen MR) is 409 cm³/mol. The van der Waals surface area contributed by atoms with Crippen molar-refractivity contribution in [1.29, 1.82) is 0 Å². The minimum Gasteiger partial charge on any atom is -0.296 e. The molecule has 0 atom stereocenters. The zero-order valence-corrected chi connectivity index (χ0v) is 64.0. The molecule has 108 heavy (non-hydrogen) atoms. The number of fused-ring (bicyclic) bond motifs is 10. The van der Waals surface area contributed by atoms with Crippen LogP contribution in [0.3, 0.4) is 0 Å². The van der Waals surface area contributed by atoms with Crippen LogP contribution in [0.25, 0.3) is 125 Å². The zero-order chi connectivity index (χ0) is 80.5. The molecular weight excluding hydrogens is 1350 g/mol. The molecule has 28 heteroatoms. The largest absolute Gasteiger partial charge is 0.362 e. The number of aromatic nitrogens is 28. The zero-order valence-electron chi connectivity index (χ0n) is 70.0. The van der Waals surface area contributed by atoms with Crippen molar-refractivity contribution >= 4 is 67.2 Å². The van der Waals surface area contributed by atoms with Crippen LogP contribution < -0.4 is 37.2 Å². The van der Waals surface area contributed by atoms with Crippen molar-refractivity contribution in [3.05, 3.63) is 230 Å². The minimum atomic E-state index is -2.24. The second kappa shape index (κ2) is 25.2. The Morgan fingerprint density at radius 2 is 0.815 bits per heavy atom. The number of benzene rings is 4. The van der Waals surface area contributed by atoms with E-state index in [-0.39, 0.29) is 11.4 Å². The van der Waals surface area contributed by atoms with E-state index in [1.807, 2.05) is 191 Å². The van der Waals surface area contributed by atoms with Gasteiger partial charge in [0.15, 0.2) is 65.8 Å². The Labute approximate surface area is 630 Å². The first-order valence-electron chi connectivity index (χ1n) is 38.6. The molecule has 0 bridgehead atoms. The lowest BCUT2D eigenvalue weighted by Gasteiger charge is -2.04. The van der Waals surface area contributed by atoms with Crippen molar-refractivity contribution in [3.8, 4) is 57.9 Å². The summed E-state index contributed by atoms with van der Waals surface area (Å²) in [4.78, 5) is 18.5. The number of para-hydroxylation sites is 8. The topological polar surface area (TPSA) is 159 Å². The highest BCUT2D eigenvalue weighted by molar-refractivity contribution is 5.81. The first-order valence-corrected chi connectivity index (χ1v) is 35.6. The van der Waals surface area contributed by atoms with Gasteiger partial charge < -0.3 is 0 Å². The van der Waals surface area contributed by atoms with Crippen LogP contribution in [-0.4, -0.2) is 93.0 Å². The van der Waals surface area contributed by atoms with Crippen LogP contribution in [0.5, 0.6) is 0 Å². The molecule has 0 aliphatic rings. The van der Waals surface area contributed by atoms with Crippen LogP contribution in [0.1, 0.15) is 42.4 Å². The molecule has 0 saturated heterocycles. The van der Waals surface area contributed by atoms with Crippen molar-refractivity contribution in [1.82, 2.24) is 93.0 Å². The number of aryl methyl sites for hydroxylation is 16. The third-order valence-corrected chi connectivity index (χ3v) is 21.8. The van der Waals surface area contributed by atoms with Gasteiger partial charge in [-0.2, -0.15) is 38.0 Å². The lowest BCUT2D eigenvalue weighted by molar-refractivity contribution is -0.785. The fourth-order valence-corrected chi connectivity index (χ4v) is 16.2. The van der Waals surface area contributed by atoms with Crippen LogP contribution >= 0.6 is 0 Å². The van der Waals surface area contributed by atoms with Gasteiger partial charge in [-0.25, -0.2) is 32.6 Å². The highest BCUT2D eigenvalue weighted by Crippen LogP contribution is 2.28. The van der Waals surface area contributed by atoms with E-state index in [1.54, 1.807) is 6.92 Å². The summed E-state index contributed by atoms with van der Waals surface area (Å²) >= 11 is 0. The van der Waals surface area contributed by atoms with Gasteiger partial charge in [0, 0.05) is 69.7 Å². The quantitative estimate of drug-likeness (QED) is 0.159. The molecule has 0 N–H and O–H groups in total. The molecule has 0 spiro atoms. The van der Waals surface area contributed by atoms with E-state index >= 15 is 0 Å². The highest BCUT2D eigenvalue weighted by atomic mass is 15.5. The van der Waals surface area contributed by atoms with Gasteiger partial charge in [0.2, 0.25) is 17.8 Å². The second-order valence-corrected chi connectivity index (χ2v) is 27.8.